The molecular weight excluding hydrogens is 292 g/mol. The lowest BCUT2D eigenvalue weighted by molar-refractivity contribution is -0.183. The quantitative estimate of drug-likeness (QED) is 0.459. The molecule has 0 bridgehead atoms. The van der Waals surface area contributed by atoms with Gasteiger partial charge in [0, 0.05) is 12.0 Å². The molecule has 0 aliphatic rings. The summed E-state index contributed by atoms with van der Waals surface area (Å²) < 4.78 is 55.7. The van der Waals surface area contributed by atoms with Crippen molar-refractivity contribution in [1.29, 1.82) is 0 Å². The Morgan fingerprint density at radius 2 is 1.71 bits per heavy atom. The van der Waals surface area contributed by atoms with E-state index in [1.807, 2.05) is 0 Å². The van der Waals surface area contributed by atoms with Gasteiger partial charge in [-0.2, -0.15) is 13.2 Å². The molecule has 0 heterocycles. The minimum absolute atomic E-state index is 0.0324. The van der Waals surface area contributed by atoms with Crippen LogP contribution in [0.2, 0.25) is 0 Å². The Morgan fingerprint density at radius 1 is 1.14 bits per heavy atom. The maximum Gasteiger partial charge on any atom is 0.392 e. The van der Waals surface area contributed by atoms with Gasteiger partial charge in [-0.05, 0) is 31.2 Å². The zero-order valence-electron chi connectivity index (χ0n) is 11.2. The van der Waals surface area contributed by atoms with Crippen molar-refractivity contribution in [2.75, 3.05) is 6.61 Å². The average molecular weight is 306 g/mol. The molecular formula is C14H14F4O3. The minimum atomic E-state index is -4.69. The van der Waals surface area contributed by atoms with E-state index in [0.29, 0.717) is 0 Å². The van der Waals surface area contributed by atoms with Crippen molar-refractivity contribution >= 4 is 11.8 Å². The molecule has 1 rings (SSSR count). The number of halogens is 4. The Bertz CT molecular complexity index is 494. The van der Waals surface area contributed by atoms with Crippen LogP contribution in [0.25, 0.3) is 0 Å². The number of Topliss-reactive ketones (excluding diaryl/α,β-unsaturated/α-hetero) is 1. The van der Waals surface area contributed by atoms with E-state index < -0.39 is 42.5 Å². The van der Waals surface area contributed by atoms with Gasteiger partial charge in [0.05, 0.1) is 18.9 Å². The summed E-state index contributed by atoms with van der Waals surface area (Å²) in [5.74, 6) is -4.52. The lowest BCUT2D eigenvalue weighted by atomic mass is 9.95. The van der Waals surface area contributed by atoms with Crippen LogP contribution < -0.4 is 0 Å². The van der Waals surface area contributed by atoms with Crippen LogP contribution >= 0.6 is 0 Å². The predicted molar refractivity (Wildman–Crippen MR) is 66.1 cm³/mol. The third kappa shape index (κ3) is 5.53. The van der Waals surface area contributed by atoms with Crippen molar-refractivity contribution in [3.05, 3.63) is 35.6 Å². The maximum atomic E-state index is 12.8. The summed E-state index contributed by atoms with van der Waals surface area (Å²) in [5, 5.41) is 0. The van der Waals surface area contributed by atoms with E-state index in [1.165, 1.54) is 6.92 Å². The third-order valence-corrected chi connectivity index (χ3v) is 2.78. The number of ketones is 1. The second-order valence-corrected chi connectivity index (χ2v) is 4.38. The minimum Gasteiger partial charge on any atom is -0.466 e. The number of ether oxygens (including phenoxy) is 1. The molecule has 0 aliphatic heterocycles. The summed E-state index contributed by atoms with van der Waals surface area (Å²) in [6, 6.07) is 4.19. The molecule has 0 amide bonds. The molecule has 0 aromatic heterocycles. The fourth-order valence-electron chi connectivity index (χ4n) is 1.70. The Kier molecular flexibility index (Phi) is 5.87. The van der Waals surface area contributed by atoms with E-state index in [1.54, 1.807) is 0 Å². The molecule has 0 saturated heterocycles. The summed E-state index contributed by atoms with van der Waals surface area (Å²) >= 11 is 0. The van der Waals surface area contributed by atoms with Gasteiger partial charge in [-0.25, -0.2) is 4.39 Å². The maximum absolute atomic E-state index is 12.8. The first-order chi connectivity index (χ1) is 9.74. The molecule has 0 saturated carbocycles. The number of rotatable bonds is 6. The largest absolute Gasteiger partial charge is 0.466 e. The van der Waals surface area contributed by atoms with Gasteiger partial charge < -0.3 is 4.74 Å². The summed E-state index contributed by atoms with van der Waals surface area (Å²) in [4.78, 5) is 23.0. The Labute approximate surface area is 118 Å². The monoisotopic (exact) mass is 306 g/mol. The van der Waals surface area contributed by atoms with Crippen LogP contribution in [-0.2, 0) is 9.53 Å². The average Bonchev–Trinajstić information content (AvgIpc) is 2.37. The van der Waals surface area contributed by atoms with Crippen molar-refractivity contribution in [1.82, 2.24) is 0 Å². The molecule has 7 heteroatoms. The molecule has 3 nitrogen and oxygen atoms in total. The molecule has 0 unspecified atom stereocenters. The number of alkyl halides is 3. The molecule has 0 fully saturated rings. The number of hydrogen-bond acceptors (Lipinski definition) is 3. The Hall–Kier alpha value is -1.92. The van der Waals surface area contributed by atoms with Gasteiger partial charge in [0.25, 0.3) is 0 Å². The summed E-state index contributed by atoms with van der Waals surface area (Å²) in [6.07, 6.45) is -6.49. The Morgan fingerprint density at radius 3 is 2.19 bits per heavy atom. The third-order valence-electron chi connectivity index (χ3n) is 2.78. The molecule has 1 aromatic carbocycles. The van der Waals surface area contributed by atoms with E-state index >= 15 is 0 Å². The second kappa shape index (κ2) is 7.19. The number of esters is 1. The van der Waals surface area contributed by atoms with Crippen LogP contribution in [0.4, 0.5) is 17.6 Å². The van der Waals surface area contributed by atoms with Crippen LogP contribution in [0.15, 0.2) is 24.3 Å². The molecule has 1 aromatic rings. The molecule has 1 atom stereocenters. The van der Waals surface area contributed by atoms with E-state index in [2.05, 4.69) is 4.74 Å². The van der Waals surface area contributed by atoms with Crippen molar-refractivity contribution in [3.8, 4) is 0 Å². The summed E-state index contributed by atoms with van der Waals surface area (Å²) in [6.45, 7) is 1.44. The summed E-state index contributed by atoms with van der Waals surface area (Å²) in [7, 11) is 0. The topological polar surface area (TPSA) is 43.4 Å². The lowest BCUT2D eigenvalue weighted by Crippen LogP contribution is -2.28. The SMILES string of the molecule is CCOC(=O)C[C@H](CC(=O)c1ccc(F)cc1)C(F)(F)F. The van der Waals surface area contributed by atoms with Crippen LogP contribution in [-0.4, -0.2) is 24.5 Å². The van der Waals surface area contributed by atoms with Crippen molar-refractivity contribution < 1.29 is 31.9 Å². The second-order valence-electron chi connectivity index (χ2n) is 4.38. The standard InChI is InChI=1S/C14H14F4O3/c1-2-21-13(20)8-10(14(16,17)18)7-12(19)9-3-5-11(15)6-4-9/h3-6,10H,2,7-8H2,1H3/t10-/m0/s1. The Balaban J connectivity index is 2.79. The predicted octanol–water partition coefficient (Wildman–Crippen LogP) is 3.53. The number of benzene rings is 1. The number of hydrogen-bond donors (Lipinski definition) is 0. The zero-order chi connectivity index (χ0) is 16.0. The van der Waals surface area contributed by atoms with Crippen LogP contribution in [0.3, 0.4) is 0 Å². The number of carbonyl (C=O) groups excluding carboxylic acids is 2. The molecule has 116 valence electrons. The van der Waals surface area contributed by atoms with Crippen molar-refractivity contribution in [2.24, 2.45) is 5.92 Å². The fourth-order valence-corrected chi connectivity index (χ4v) is 1.70. The van der Waals surface area contributed by atoms with Gasteiger partial charge in [0.15, 0.2) is 5.78 Å². The first kappa shape index (κ1) is 17.1. The highest BCUT2D eigenvalue weighted by atomic mass is 19.4. The molecule has 21 heavy (non-hydrogen) atoms. The highest BCUT2D eigenvalue weighted by molar-refractivity contribution is 5.96. The van der Waals surface area contributed by atoms with E-state index in [9.17, 15) is 27.2 Å². The highest BCUT2D eigenvalue weighted by Gasteiger charge is 2.42. The fraction of sp³-hybridized carbons (Fsp3) is 0.429. The molecule has 0 spiro atoms. The van der Waals surface area contributed by atoms with Crippen molar-refractivity contribution in [3.63, 3.8) is 0 Å². The van der Waals surface area contributed by atoms with Gasteiger partial charge >= 0.3 is 12.1 Å². The van der Waals surface area contributed by atoms with Gasteiger partial charge in [0.2, 0.25) is 0 Å². The molecule has 0 radical (unpaired) electrons. The smallest absolute Gasteiger partial charge is 0.392 e. The lowest BCUT2D eigenvalue weighted by Gasteiger charge is -2.18. The van der Waals surface area contributed by atoms with Gasteiger partial charge in [-0.1, -0.05) is 0 Å². The van der Waals surface area contributed by atoms with Crippen LogP contribution in [0.5, 0.6) is 0 Å². The van der Waals surface area contributed by atoms with Crippen LogP contribution in [0, 0.1) is 11.7 Å². The van der Waals surface area contributed by atoms with Gasteiger partial charge in [-0.15, -0.1) is 0 Å². The van der Waals surface area contributed by atoms with E-state index in [4.69, 9.17) is 0 Å². The van der Waals surface area contributed by atoms with Crippen molar-refractivity contribution in [2.45, 2.75) is 25.9 Å². The summed E-state index contributed by atoms with van der Waals surface area (Å²) in [5.41, 5.74) is -0.0329. The molecule has 0 aliphatic carbocycles. The van der Waals surface area contributed by atoms with Gasteiger partial charge in [0.1, 0.15) is 5.82 Å². The highest BCUT2D eigenvalue weighted by Crippen LogP contribution is 2.32. The van der Waals surface area contributed by atoms with E-state index in [-0.39, 0.29) is 12.2 Å². The van der Waals surface area contributed by atoms with Gasteiger partial charge in [-0.3, -0.25) is 9.59 Å². The van der Waals surface area contributed by atoms with E-state index in [0.717, 1.165) is 24.3 Å². The van der Waals surface area contributed by atoms with Crippen LogP contribution in [0.1, 0.15) is 30.1 Å². The first-order valence-electron chi connectivity index (χ1n) is 6.25. The normalized spacial score (nSPS) is 12.8. The molecule has 0 N–H and O–H groups in total. The zero-order valence-corrected chi connectivity index (χ0v) is 11.2. The first-order valence-corrected chi connectivity index (χ1v) is 6.25. The number of carbonyl (C=O) groups is 2.